The molecule has 1 unspecified atom stereocenters. The number of hydrogen-bond acceptors (Lipinski definition) is 5. The van der Waals surface area contributed by atoms with Gasteiger partial charge in [-0.2, -0.15) is 0 Å². The summed E-state index contributed by atoms with van der Waals surface area (Å²) in [5.41, 5.74) is 0.972. The minimum absolute atomic E-state index is 0.141. The molecular formula is C17H17N3O3S2. The van der Waals surface area contributed by atoms with E-state index in [1.807, 2.05) is 17.5 Å². The molecule has 0 saturated heterocycles. The van der Waals surface area contributed by atoms with Crippen molar-refractivity contribution in [2.75, 3.05) is 20.3 Å². The molecule has 3 rings (SSSR count). The summed E-state index contributed by atoms with van der Waals surface area (Å²) < 4.78 is 5.00. The fourth-order valence-corrected chi connectivity index (χ4v) is 3.48. The number of amides is 2. The summed E-state index contributed by atoms with van der Waals surface area (Å²) in [6.45, 7) is 1.23. The molecule has 0 bridgehead atoms. The number of thiocarbonyl (C=S) groups is 1. The minimum atomic E-state index is -0.502. The van der Waals surface area contributed by atoms with Crippen LogP contribution in [0.1, 0.15) is 4.88 Å². The lowest BCUT2D eigenvalue weighted by atomic mass is 9.92. The van der Waals surface area contributed by atoms with Crippen LogP contribution in [-0.4, -0.2) is 47.8 Å². The summed E-state index contributed by atoms with van der Waals surface area (Å²) in [5.74, 6) is -0.846. The van der Waals surface area contributed by atoms with Gasteiger partial charge < -0.3 is 10.1 Å². The van der Waals surface area contributed by atoms with E-state index in [0.717, 1.165) is 4.88 Å². The van der Waals surface area contributed by atoms with Gasteiger partial charge in [-0.1, -0.05) is 18.2 Å². The number of methoxy groups -OCH3 is 1. The number of nitrogens with one attached hydrogen (secondary N) is 1. The quantitative estimate of drug-likeness (QED) is 0.768. The second kappa shape index (κ2) is 7.81. The van der Waals surface area contributed by atoms with Gasteiger partial charge in [-0.05, 0) is 29.7 Å². The van der Waals surface area contributed by atoms with E-state index in [-0.39, 0.29) is 16.9 Å². The smallest absolute Gasteiger partial charge is 0.251 e. The van der Waals surface area contributed by atoms with Gasteiger partial charge in [-0.3, -0.25) is 14.5 Å². The number of rotatable bonds is 6. The number of nitrogens with zero attached hydrogens (tertiary/aromatic N) is 2. The van der Waals surface area contributed by atoms with Crippen LogP contribution in [0.15, 0.2) is 46.3 Å². The van der Waals surface area contributed by atoms with Gasteiger partial charge in [0.15, 0.2) is 0 Å². The number of carbonyl (C=O) groups is 2. The molecule has 2 aliphatic rings. The Labute approximate surface area is 154 Å². The highest BCUT2D eigenvalue weighted by Gasteiger charge is 2.34. The van der Waals surface area contributed by atoms with E-state index in [4.69, 9.17) is 17.0 Å². The highest BCUT2D eigenvalue weighted by molar-refractivity contribution is 7.80. The highest BCUT2D eigenvalue weighted by atomic mass is 32.1. The van der Waals surface area contributed by atoms with Gasteiger partial charge in [0.25, 0.3) is 5.91 Å². The zero-order valence-electron chi connectivity index (χ0n) is 13.6. The van der Waals surface area contributed by atoms with E-state index in [2.05, 4.69) is 10.3 Å². The number of allylic oxidation sites excluding steroid dienone is 1. The Morgan fingerprint density at radius 1 is 1.52 bits per heavy atom. The van der Waals surface area contributed by atoms with Gasteiger partial charge in [0.05, 0.1) is 31.3 Å². The van der Waals surface area contributed by atoms with Gasteiger partial charge in [-0.25, -0.2) is 4.99 Å². The molecule has 1 aromatic heterocycles. The lowest BCUT2D eigenvalue weighted by Gasteiger charge is -2.30. The first kappa shape index (κ1) is 17.7. The molecule has 1 atom stereocenters. The predicted molar refractivity (Wildman–Crippen MR) is 101 cm³/mol. The first-order chi connectivity index (χ1) is 12.1. The van der Waals surface area contributed by atoms with Gasteiger partial charge >= 0.3 is 0 Å². The van der Waals surface area contributed by atoms with Crippen molar-refractivity contribution < 1.29 is 14.3 Å². The summed E-state index contributed by atoms with van der Waals surface area (Å²) in [6, 6.07) is 3.90. The molecule has 1 aliphatic carbocycles. The van der Waals surface area contributed by atoms with Gasteiger partial charge in [0, 0.05) is 17.6 Å². The predicted octanol–water partition coefficient (Wildman–Crippen LogP) is 1.69. The fraction of sp³-hybridized carbons (Fsp3) is 0.294. The molecule has 1 aromatic rings. The SMILES string of the molecule is COCCN1C(=O)C2C=CC(C(=O)NCc3cccs3)=CC2=NC1=S. The monoisotopic (exact) mass is 375 g/mol. The Balaban J connectivity index is 1.71. The van der Waals surface area contributed by atoms with E-state index in [1.54, 1.807) is 36.7 Å². The number of ether oxygens (including phenoxy) is 1. The fourth-order valence-electron chi connectivity index (χ4n) is 2.55. The van der Waals surface area contributed by atoms with Crippen LogP contribution in [0.2, 0.25) is 0 Å². The molecule has 8 heteroatoms. The number of thiophene rings is 1. The summed E-state index contributed by atoms with van der Waals surface area (Å²) in [5, 5.41) is 5.03. The van der Waals surface area contributed by atoms with E-state index in [1.165, 1.54) is 4.90 Å². The Morgan fingerprint density at radius 3 is 3.08 bits per heavy atom. The molecule has 2 amide bonds. The Kier molecular flexibility index (Phi) is 5.52. The third-order valence-corrected chi connectivity index (χ3v) is 5.05. The normalized spacial score (nSPS) is 19.4. The average molecular weight is 375 g/mol. The summed E-state index contributed by atoms with van der Waals surface area (Å²) in [6.07, 6.45) is 4.99. The highest BCUT2D eigenvalue weighted by Crippen LogP contribution is 2.22. The summed E-state index contributed by atoms with van der Waals surface area (Å²) >= 11 is 6.79. The molecule has 0 radical (unpaired) electrons. The average Bonchev–Trinajstić information content (AvgIpc) is 3.12. The lowest BCUT2D eigenvalue weighted by Crippen LogP contribution is -2.47. The van der Waals surface area contributed by atoms with Gasteiger partial charge in [0.2, 0.25) is 11.0 Å². The zero-order valence-corrected chi connectivity index (χ0v) is 15.2. The Bertz CT molecular complexity index is 781. The molecule has 25 heavy (non-hydrogen) atoms. The maximum Gasteiger partial charge on any atom is 0.251 e. The number of carbonyl (C=O) groups excluding carboxylic acids is 2. The van der Waals surface area contributed by atoms with Crippen molar-refractivity contribution >= 4 is 46.2 Å². The van der Waals surface area contributed by atoms with Crippen LogP contribution in [0.4, 0.5) is 0 Å². The lowest BCUT2D eigenvalue weighted by molar-refractivity contribution is -0.129. The second-order valence-corrected chi connectivity index (χ2v) is 6.90. The third-order valence-electron chi connectivity index (χ3n) is 3.86. The maximum atomic E-state index is 12.6. The topological polar surface area (TPSA) is 71.0 Å². The number of fused-ring (bicyclic) bond motifs is 1. The van der Waals surface area contributed by atoms with Crippen molar-refractivity contribution in [2.45, 2.75) is 6.54 Å². The molecule has 0 fully saturated rings. The van der Waals surface area contributed by atoms with Crippen LogP contribution in [0, 0.1) is 5.92 Å². The van der Waals surface area contributed by atoms with E-state index >= 15 is 0 Å². The first-order valence-electron chi connectivity index (χ1n) is 7.73. The van der Waals surface area contributed by atoms with E-state index < -0.39 is 5.92 Å². The maximum absolute atomic E-state index is 12.6. The van der Waals surface area contributed by atoms with Crippen LogP contribution in [0.5, 0.6) is 0 Å². The van der Waals surface area contributed by atoms with E-state index in [0.29, 0.717) is 31.0 Å². The van der Waals surface area contributed by atoms with Crippen molar-refractivity contribution in [3.63, 3.8) is 0 Å². The third kappa shape index (κ3) is 3.92. The molecular weight excluding hydrogens is 358 g/mol. The largest absolute Gasteiger partial charge is 0.383 e. The van der Waals surface area contributed by atoms with Crippen LogP contribution in [-0.2, 0) is 20.9 Å². The summed E-state index contributed by atoms with van der Waals surface area (Å²) in [4.78, 5) is 31.7. The zero-order chi connectivity index (χ0) is 17.8. The van der Waals surface area contributed by atoms with Crippen LogP contribution >= 0.6 is 23.6 Å². The standard InChI is InChI=1S/C17H17N3O3S2/c1-23-7-6-20-16(22)13-5-4-11(9-14(13)19-17(20)24)15(21)18-10-12-3-2-8-25-12/h2-5,8-9,13H,6-7,10H2,1H3,(H,18,21). The van der Waals surface area contributed by atoms with Crippen LogP contribution in [0.3, 0.4) is 0 Å². The van der Waals surface area contributed by atoms with E-state index in [9.17, 15) is 9.59 Å². The Hall–Kier alpha value is -2.16. The van der Waals surface area contributed by atoms with Crippen LogP contribution in [0.25, 0.3) is 0 Å². The van der Waals surface area contributed by atoms with Crippen molar-refractivity contribution in [2.24, 2.45) is 10.9 Å². The molecule has 0 aromatic carbocycles. The minimum Gasteiger partial charge on any atom is -0.383 e. The van der Waals surface area contributed by atoms with Gasteiger partial charge in [-0.15, -0.1) is 11.3 Å². The second-order valence-electron chi connectivity index (χ2n) is 5.50. The molecule has 0 saturated carbocycles. The van der Waals surface area contributed by atoms with Crippen molar-refractivity contribution in [3.05, 3.63) is 46.2 Å². The molecule has 2 heterocycles. The van der Waals surface area contributed by atoms with Crippen molar-refractivity contribution in [1.82, 2.24) is 10.2 Å². The van der Waals surface area contributed by atoms with Crippen molar-refractivity contribution in [3.8, 4) is 0 Å². The molecule has 130 valence electrons. The molecule has 6 nitrogen and oxygen atoms in total. The van der Waals surface area contributed by atoms with Crippen LogP contribution < -0.4 is 5.32 Å². The molecule has 1 N–H and O–H groups in total. The van der Waals surface area contributed by atoms with Crippen molar-refractivity contribution in [1.29, 1.82) is 0 Å². The summed E-state index contributed by atoms with van der Waals surface area (Å²) in [7, 11) is 1.57. The number of aliphatic imine (C=N–C) groups is 1. The molecule has 1 aliphatic heterocycles. The Morgan fingerprint density at radius 2 is 2.36 bits per heavy atom. The number of hydrogen-bond donors (Lipinski definition) is 1. The van der Waals surface area contributed by atoms with Gasteiger partial charge in [0.1, 0.15) is 0 Å². The first-order valence-corrected chi connectivity index (χ1v) is 9.02. The molecule has 0 spiro atoms.